The van der Waals surface area contributed by atoms with Crippen LogP contribution >= 0.6 is 0 Å². The number of nitrogen functional groups attached to an aromatic ring is 1. The Morgan fingerprint density at radius 3 is 1.45 bits per heavy atom. The van der Waals surface area contributed by atoms with Gasteiger partial charge in [0.15, 0.2) is 0 Å². The lowest BCUT2D eigenvalue weighted by atomic mass is 9.91. The van der Waals surface area contributed by atoms with Crippen molar-refractivity contribution < 1.29 is 65.1 Å². The Kier molecular flexibility index (Phi) is 18.6. The number of halogens is 3. The lowest BCUT2D eigenvalue weighted by Gasteiger charge is -2.22. The maximum Gasteiger partial charge on any atom is 0.416 e. The van der Waals surface area contributed by atoms with Gasteiger partial charge >= 0.3 is 18.4 Å². The molecule has 7 aromatic carbocycles. The van der Waals surface area contributed by atoms with Gasteiger partial charge in [0, 0.05) is 53.7 Å². The van der Waals surface area contributed by atoms with Gasteiger partial charge in [0.1, 0.15) is 50.5 Å². The summed E-state index contributed by atoms with van der Waals surface area (Å²) < 4.78 is 71.0. The van der Waals surface area contributed by atoms with Gasteiger partial charge in [-0.1, -0.05) is 120 Å². The van der Waals surface area contributed by atoms with E-state index in [0.29, 0.717) is 53.7 Å². The van der Waals surface area contributed by atoms with E-state index in [4.69, 9.17) is 33.7 Å². The number of hydrogen-bond donors (Lipinski definition) is 2. The van der Waals surface area contributed by atoms with Gasteiger partial charge < -0.3 is 39.0 Å². The number of rotatable bonds is 20. The minimum absolute atomic E-state index is 0.0381. The van der Waals surface area contributed by atoms with E-state index in [-0.39, 0.29) is 56.1 Å². The SMILES string of the molecule is Nc1cccc(COc2ccc([C@H](CC(=O)N3C(=O)OC[C@@H]3Cc3ccccc3)c3ccon3)cc2)c1.O=C(Nc1cccc(COc2ccc([C@H](CC(=O)N3C(=O)OC[C@@H]3Cc3ccccc3)c3ccon3)cc2)c1)c1ccc(C(F)(F)F)cc1. The van der Waals surface area contributed by atoms with Crippen LogP contribution in [0.2, 0.25) is 0 Å². The number of anilines is 2. The minimum Gasteiger partial charge on any atom is -0.489 e. The number of imide groups is 2. The van der Waals surface area contributed by atoms with Crippen LogP contribution in [0.1, 0.15) is 85.4 Å². The normalized spacial score (nSPS) is 15.4. The fourth-order valence-electron chi connectivity index (χ4n) is 10.1. The van der Waals surface area contributed by atoms with Gasteiger partial charge in [0.05, 0.1) is 29.0 Å². The van der Waals surface area contributed by atoms with Crippen molar-refractivity contribution in [3.05, 3.63) is 263 Å². The molecule has 438 valence electrons. The molecule has 2 saturated heterocycles. The van der Waals surface area contributed by atoms with E-state index in [2.05, 4.69) is 15.6 Å². The number of nitrogens with zero attached hydrogens (tertiary/aromatic N) is 4. The van der Waals surface area contributed by atoms with Crippen LogP contribution in [-0.4, -0.2) is 75.3 Å². The molecule has 2 aliphatic heterocycles. The number of hydrogen-bond acceptors (Lipinski definition) is 14. The maximum atomic E-state index is 13.6. The summed E-state index contributed by atoms with van der Waals surface area (Å²) in [4.78, 5) is 67.1. The van der Waals surface area contributed by atoms with Crippen molar-refractivity contribution in [2.45, 2.75) is 69.0 Å². The summed E-state index contributed by atoms with van der Waals surface area (Å²) in [6, 6.07) is 55.0. The summed E-state index contributed by atoms with van der Waals surface area (Å²) in [5, 5.41) is 10.8. The molecule has 86 heavy (non-hydrogen) atoms. The van der Waals surface area contributed by atoms with Gasteiger partial charge in [0.25, 0.3) is 5.91 Å². The van der Waals surface area contributed by atoms with E-state index in [1.165, 1.54) is 22.3 Å². The highest BCUT2D eigenvalue weighted by molar-refractivity contribution is 6.04. The van der Waals surface area contributed by atoms with Gasteiger partial charge in [-0.15, -0.1) is 0 Å². The largest absolute Gasteiger partial charge is 0.489 e. The van der Waals surface area contributed by atoms with Gasteiger partial charge in [-0.05, 0) is 119 Å². The Balaban J connectivity index is 0.000000198. The average Bonchev–Trinajstić information content (AvgIpc) is 2.98. The molecule has 5 amide bonds. The summed E-state index contributed by atoms with van der Waals surface area (Å²) >= 11 is 0. The number of aromatic nitrogens is 2. The van der Waals surface area contributed by atoms with Crippen molar-refractivity contribution >= 4 is 41.3 Å². The number of ether oxygens (including phenoxy) is 4. The predicted octanol–water partition coefficient (Wildman–Crippen LogP) is 12.6. The maximum absolute atomic E-state index is 13.6. The first-order valence-corrected chi connectivity index (χ1v) is 27.4. The van der Waals surface area contributed by atoms with Gasteiger partial charge in [-0.25, -0.2) is 19.4 Å². The summed E-state index contributed by atoms with van der Waals surface area (Å²) in [7, 11) is 0. The van der Waals surface area contributed by atoms with Crippen molar-refractivity contribution in [2.75, 3.05) is 24.3 Å². The average molecular weight is 1170 g/mol. The van der Waals surface area contributed by atoms with Crippen LogP contribution in [0.5, 0.6) is 11.5 Å². The standard InChI is InChI=1S/C37H30F3N3O6.C29H27N3O5/c38-37(39,40)28-13-9-27(10-14-28)35(45)41-29-8-4-7-25(19-29)22-47-31-15-11-26(12-16-31)32(33-17-18-49-42-33)21-34(44)43-30(23-48-36(43)46)20-24-5-2-1-3-6-24;30-23-8-4-7-21(15-23)18-35-25-11-9-22(10-12-25)26(27-13-14-37-31-27)17-28(33)32-24(19-36-29(32)34)16-20-5-2-1-3-6-20/h1-19,30,32H,20-23H2,(H,41,45);1-15,24,26H,16-19,30H2/t30-,32-;24-,26-/m00/s1. The minimum atomic E-state index is -4.49. The zero-order chi connectivity index (χ0) is 60.0. The highest BCUT2D eigenvalue weighted by atomic mass is 19.4. The van der Waals surface area contributed by atoms with E-state index in [9.17, 15) is 37.1 Å². The first kappa shape index (κ1) is 58.7. The fraction of sp³-hybridized carbons (Fsp3) is 0.197. The first-order valence-electron chi connectivity index (χ1n) is 27.4. The van der Waals surface area contributed by atoms with Crippen LogP contribution in [0.25, 0.3) is 0 Å². The van der Waals surface area contributed by atoms with Gasteiger partial charge in [-0.3, -0.25) is 14.4 Å². The summed E-state index contributed by atoms with van der Waals surface area (Å²) in [6.45, 7) is 0.839. The molecule has 3 N–H and O–H groups in total. The lowest BCUT2D eigenvalue weighted by Crippen LogP contribution is -2.40. The molecule has 17 nitrogen and oxygen atoms in total. The molecule has 2 aliphatic rings. The second-order valence-corrected chi connectivity index (χ2v) is 20.4. The first-order chi connectivity index (χ1) is 41.7. The summed E-state index contributed by atoms with van der Waals surface area (Å²) in [5.74, 6) is -0.936. The summed E-state index contributed by atoms with van der Waals surface area (Å²) in [5.41, 5.74) is 12.7. The number of alkyl halides is 3. The molecular formula is C66H57F3N6O11. The smallest absolute Gasteiger partial charge is 0.416 e. The molecule has 9 aromatic rings. The number of carbonyl (C=O) groups is 5. The Hall–Kier alpha value is -10.5. The third-order valence-corrected chi connectivity index (χ3v) is 14.5. The molecule has 0 bridgehead atoms. The molecule has 0 saturated carbocycles. The predicted molar refractivity (Wildman–Crippen MR) is 308 cm³/mol. The second kappa shape index (κ2) is 27.3. The van der Waals surface area contributed by atoms with Gasteiger partial charge in [0.2, 0.25) is 11.8 Å². The molecule has 0 unspecified atom stereocenters. The van der Waals surface area contributed by atoms with Gasteiger partial charge in [-0.2, -0.15) is 13.2 Å². The van der Waals surface area contributed by atoms with E-state index in [1.54, 1.807) is 42.5 Å². The Morgan fingerprint density at radius 2 is 1.01 bits per heavy atom. The topological polar surface area (TPSA) is 219 Å². The van der Waals surface area contributed by atoms with Crippen LogP contribution in [0.15, 0.2) is 216 Å². The van der Waals surface area contributed by atoms with Crippen molar-refractivity contribution in [3.63, 3.8) is 0 Å². The van der Waals surface area contributed by atoms with Crippen molar-refractivity contribution in [1.29, 1.82) is 0 Å². The van der Waals surface area contributed by atoms with E-state index in [1.807, 2.05) is 127 Å². The highest BCUT2D eigenvalue weighted by Crippen LogP contribution is 2.34. The lowest BCUT2D eigenvalue weighted by molar-refractivity contribution is -0.137. The zero-order valence-corrected chi connectivity index (χ0v) is 46.1. The van der Waals surface area contributed by atoms with E-state index >= 15 is 0 Å². The van der Waals surface area contributed by atoms with Crippen molar-refractivity contribution in [1.82, 2.24) is 20.1 Å². The molecule has 0 spiro atoms. The molecule has 4 heterocycles. The van der Waals surface area contributed by atoms with E-state index < -0.39 is 47.7 Å². The zero-order valence-electron chi connectivity index (χ0n) is 46.1. The van der Waals surface area contributed by atoms with Crippen LogP contribution < -0.4 is 20.5 Å². The number of benzene rings is 7. The number of nitrogens with two attached hydrogens (primary N) is 1. The fourth-order valence-corrected chi connectivity index (χ4v) is 10.1. The Bertz CT molecular complexity index is 3720. The van der Waals surface area contributed by atoms with E-state index in [0.717, 1.165) is 57.6 Å². The molecule has 4 atom stereocenters. The second-order valence-electron chi connectivity index (χ2n) is 20.4. The number of amides is 5. The van der Waals surface area contributed by atoms with Crippen LogP contribution in [-0.2, 0) is 51.3 Å². The number of carbonyl (C=O) groups excluding carboxylic acids is 5. The molecule has 2 fully saturated rings. The van der Waals surface area contributed by atoms with Crippen LogP contribution in [0, 0.1) is 0 Å². The number of cyclic esters (lactones) is 2. The Morgan fingerprint density at radius 1 is 0.558 bits per heavy atom. The quantitative estimate of drug-likeness (QED) is 0.0679. The molecule has 0 radical (unpaired) electrons. The van der Waals surface area contributed by atoms with Crippen LogP contribution in [0.3, 0.4) is 0 Å². The molecule has 0 aliphatic carbocycles. The monoisotopic (exact) mass is 1170 g/mol. The van der Waals surface area contributed by atoms with Crippen molar-refractivity contribution in [2.24, 2.45) is 0 Å². The molecule has 2 aromatic heterocycles. The van der Waals surface area contributed by atoms with Crippen molar-refractivity contribution in [3.8, 4) is 11.5 Å². The summed E-state index contributed by atoms with van der Waals surface area (Å²) in [6.07, 6.45) is -1.87. The molecular weight excluding hydrogens is 1110 g/mol. The third-order valence-electron chi connectivity index (χ3n) is 14.5. The number of nitrogens with one attached hydrogen (secondary N) is 1. The third kappa shape index (κ3) is 15.2. The molecule has 11 rings (SSSR count). The van der Waals surface area contributed by atoms with Crippen LogP contribution in [0.4, 0.5) is 34.1 Å². The molecule has 20 heteroatoms. The Labute approximate surface area is 492 Å². The highest BCUT2D eigenvalue weighted by Gasteiger charge is 2.41.